The van der Waals surface area contributed by atoms with E-state index in [0.717, 1.165) is 47.9 Å². The predicted octanol–water partition coefficient (Wildman–Crippen LogP) is 14.3. The number of amides is 7. The van der Waals surface area contributed by atoms with E-state index in [2.05, 4.69) is 52.1 Å². The Morgan fingerprint density at radius 1 is 0.451 bits per heavy atom. The van der Waals surface area contributed by atoms with Crippen molar-refractivity contribution in [1.82, 2.24) is 31.1 Å². The molecule has 5 heterocycles. The lowest BCUT2D eigenvalue weighted by atomic mass is 9.92. The SMILES string of the molecule is C=CN1C(=O)CC[C@@H]1Cc1ccccc1.CC(C)(C)OC(=O)N1C(=O)CC[C@@H]1Cc1ccccc1.CC(C)(C)OC(=O)N[C@@H](Cc1ccccc1)C(=O)C1C(=O)OC(C)(C)OC1=O.CC(C)(C)OC(=O)N[C@@H](Cc1ccccc1)C(=O)O.CC(C)(C)OC(=O)N[C@@H](Cc1ccccc1)CC1C(=O)OC(C)(C)OC1=O.O=C1CC[C@H](Cc2ccccc2)N1. The molecule has 122 heavy (non-hydrogen) atoms. The molecule has 5 fully saturated rings. The lowest BCUT2D eigenvalue weighted by Gasteiger charge is -2.34. The van der Waals surface area contributed by atoms with Crippen molar-refractivity contribution in [3.63, 3.8) is 0 Å². The zero-order chi connectivity index (χ0) is 90.3. The smallest absolute Gasteiger partial charge is 0.417 e. The second kappa shape index (κ2) is 45.4. The fraction of sp³-hybridized carbons (Fsp3) is 0.457. The molecule has 5 aliphatic heterocycles. The molecule has 0 unspecified atom stereocenters. The predicted molar refractivity (Wildman–Crippen MR) is 454 cm³/mol. The quantitative estimate of drug-likeness (QED) is 0.0254. The van der Waals surface area contributed by atoms with Gasteiger partial charge in [-0.2, -0.15) is 0 Å². The van der Waals surface area contributed by atoms with Crippen molar-refractivity contribution in [2.45, 2.75) is 264 Å². The number of likely N-dealkylation sites (tertiary alicyclic amines) is 2. The van der Waals surface area contributed by atoms with Crippen LogP contribution in [0.1, 0.15) is 189 Å². The Bertz CT molecular complexity index is 4440. The molecule has 0 saturated carbocycles. The zero-order valence-corrected chi connectivity index (χ0v) is 72.8. The number of cyclic esters (lactones) is 4. The number of nitrogens with zero attached hydrogens (tertiary/aromatic N) is 2. The van der Waals surface area contributed by atoms with E-state index >= 15 is 0 Å². The molecule has 0 radical (unpaired) electrons. The van der Waals surface area contributed by atoms with E-state index in [1.807, 2.05) is 127 Å². The molecule has 5 N–H and O–H groups in total. The average Bonchev–Trinajstić information content (AvgIpc) is 1.17. The van der Waals surface area contributed by atoms with Gasteiger partial charge in [-0.3, -0.25) is 38.4 Å². The summed E-state index contributed by atoms with van der Waals surface area (Å²) in [5.74, 6) is -10.6. The Morgan fingerprint density at radius 3 is 1.18 bits per heavy atom. The molecular formula is C94H120N6O22. The number of esters is 4. The van der Waals surface area contributed by atoms with Gasteiger partial charge in [0.25, 0.3) is 11.6 Å². The number of imide groups is 1. The van der Waals surface area contributed by atoms with E-state index in [4.69, 9.17) is 43.0 Å². The van der Waals surface area contributed by atoms with Gasteiger partial charge in [0, 0.05) is 77.5 Å². The number of alkyl carbamates (subject to hydrolysis) is 3. The standard InChI is InChI=1S/C20H25NO7.C20H27NO6.C16H21NO3.C14H19NO4.C13H15NO.C11H13NO/c1-19(2,3)28-18(25)21-13(11-12-9-7-6-8-10-12)15(22)14-16(23)26-20(4,5)27-17(14)24;1-19(2,3)27-18(24)21-14(11-13-9-7-6-8-10-13)12-15-16(22)25-20(4,5)26-17(15)23;1-16(2,3)20-15(19)17-13(9-10-14(17)18)11-12-7-5-4-6-8-12;1-14(2,3)19-13(18)15-11(12(16)17)9-10-7-5-4-6-8-10;1-2-14-12(8-9-13(14)15)10-11-6-4-3-5-7-11;13-11-7-6-10(12-11)8-9-4-2-1-3-5-9/h6-10,13-14H,11H2,1-5H3,(H,21,25);6-10,14-15H,11-12H2,1-5H3,(H,21,24);4-8,13H,9-11H2,1-3H3;4-8,11H,9H2,1-3H3,(H,15,18)(H,16,17);2-7,12H,1,8-10H2;1-5,10H,6-8H2,(H,12,13)/t13-;14-;13-;11-;12-;10-/m001011/s1. The fourth-order valence-corrected chi connectivity index (χ4v) is 13.2. The van der Waals surface area contributed by atoms with Gasteiger partial charge in [0.2, 0.25) is 23.6 Å². The summed E-state index contributed by atoms with van der Waals surface area (Å²) in [4.78, 5) is 159. The van der Waals surface area contributed by atoms with Gasteiger partial charge in [-0.1, -0.05) is 189 Å². The van der Waals surface area contributed by atoms with Crippen LogP contribution in [-0.2, 0) is 120 Å². The van der Waals surface area contributed by atoms with Gasteiger partial charge in [0.05, 0.1) is 6.04 Å². The molecule has 0 bridgehead atoms. The summed E-state index contributed by atoms with van der Waals surface area (Å²) in [5, 5.41) is 19.6. The van der Waals surface area contributed by atoms with Crippen molar-refractivity contribution in [3.05, 3.63) is 228 Å². The highest BCUT2D eigenvalue weighted by Gasteiger charge is 2.50. The number of ketones is 1. The van der Waals surface area contributed by atoms with Gasteiger partial charge >= 0.3 is 54.2 Å². The minimum atomic E-state index is -1.77. The van der Waals surface area contributed by atoms with E-state index in [0.29, 0.717) is 50.6 Å². The third-order valence-electron chi connectivity index (χ3n) is 18.4. The lowest BCUT2D eigenvalue weighted by Crippen LogP contribution is -2.55. The Balaban J connectivity index is 0.000000231. The molecule has 28 heteroatoms. The second-order valence-electron chi connectivity index (χ2n) is 34.7. The average molecular weight is 1690 g/mol. The minimum Gasteiger partial charge on any atom is -0.480 e. The molecule has 6 atom stereocenters. The molecule has 7 amide bonds. The van der Waals surface area contributed by atoms with Crippen LogP contribution < -0.4 is 21.3 Å². The normalized spacial score (nSPS) is 18.1. The maximum Gasteiger partial charge on any atom is 0.417 e. The van der Waals surface area contributed by atoms with Crippen molar-refractivity contribution in [1.29, 1.82) is 0 Å². The minimum absolute atomic E-state index is 0.0574. The molecule has 0 spiro atoms. The van der Waals surface area contributed by atoms with Crippen molar-refractivity contribution in [3.8, 4) is 0 Å². The van der Waals surface area contributed by atoms with Crippen LogP contribution in [0.25, 0.3) is 0 Å². The first-order chi connectivity index (χ1) is 57.1. The van der Waals surface area contributed by atoms with Crippen molar-refractivity contribution >= 4 is 77.7 Å². The van der Waals surface area contributed by atoms with E-state index in [-0.39, 0.29) is 43.0 Å². The fourth-order valence-electron chi connectivity index (χ4n) is 13.2. The number of carboxylic acid groups (broad SMARTS) is 1. The molecular weight excluding hydrogens is 1570 g/mol. The van der Waals surface area contributed by atoms with Crippen LogP contribution in [0, 0.1) is 11.8 Å². The van der Waals surface area contributed by atoms with Crippen LogP contribution in [-0.4, -0.2) is 163 Å². The third-order valence-corrected chi connectivity index (χ3v) is 18.4. The van der Waals surface area contributed by atoms with E-state index in [9.17, 15) is 62.3 Å². The number of rotatable bonds is 21. The third kappa shape index (κ3) is 36.0. The van der Waals surface area contributed by atoms with Crippen LogP contribution in [0.3, 0.4) is 0 Å². The summed E-state index contributed by atoms with van der Waals surface area (Å²) in [6.07, 6.45) is 6.70. The van der Waals surface area contributed by atoms with Gasteiger partial charge in [-0.25, -0.2) is 28.9 Å². The Labute approximate surface area is 715 Å². The van der Waals surface area contributed by atoms with E-state index in [1.54, 1.807) is 125 Å². The van der Waals surface area contributed by atoms with Crippen LogP contribution in [0.4, 0.5) is 19.2 Å². The summed E-state index contributed by atoms with van der Waals surface area (Å²) in [6.45, 7) is 30.4. The molecule has 11 rings (SSSR count). The number of aliphatic carboxylic acids is 1. The Morgan fingerprint density at radius 2 is 0.795 bits per heavy atom. The Kier molecular flexibility index (Phi) is 36.7. The van der Waals surface area contributed by atoms with Gasteiger partial charge in [-0.15, -0.1) is 0 Å². The first kappa shape index (κ1) is 98.6. The number of carbonyl (C=O) groups excluding carboxylic acids is 12. The van der Waals surface area contributed by atoms with Gasteiger partial charge in [0.15, 0.2) is 11.7 Å². The monoisotopic (exact) mass is 1680 g/mol. The maximum absolute atomic E-state index is 13.0. The molecule has 658 valence electrons. The number of carboxylic acids is 1. The number of carbonyl (C=O) groups is 13. The van der Waals surface area contributed by atoms with Crippen molar-refractivity contribution in [2.24, 2.45) is 11.8 Å². The lowest BCUT2D eigenvalue weighted by molar-refractivity contribution is -0.241. The van der Waals surface area contributed by atoms with Crippen molar-refractivity contribution in [2.75, 3.05) is 0 Å². The zero-order valence-electron chi connectivity index (χ0n) is 72.8. The van der Waals surface area contributed by atoms with Gasteiger partial charge in [-0.05, 0) is 180 Å². The van der Waals surface area contributed by atoms with E-state index in [1.165, 1.54) is 43.7 Å². The molecule has 5 saturated heterocycles. The van der Waals surface area contributed by atoms with Crippen LogP contribution in [0.2, 0.25) is 0 Å². The van der Waals surface area contributed by atoms with Crippen LogP contribution in [0.15, 0.2) is 195 Å². The number of ether oxygens (including phenoxy) is 8. The molecule has 0 aliphatic carbocycles. The summed E-state index contributed by atoms with van der Waals surface area (Å²) < 4.78 is 41.2. The molecule has 0 aromatic heterocycles. The van der Waals surface area contributed by atoms with E-state index < -0.39 is 124 Å². The Hall–Kier alpha value is -12.2. The highest BCUT2D eigenvalue weighted by atomic mass is 16.8. The number of benzene rings is 6. The number of hydrogen-bond acceptors (Lipinski definition) is 21. The second-order valence-corrected chi connectivity index (χ2v) is 34.7. The van der Waals surface area contributed by atoms with Crippen molar-refractivity contribution < 1.29 is 105 Å². The maximum atomic E-state index is 13.0. The summed E-state index contributed by atoms with van der Waals surface area (Å²) in [5.41, 5.74) is 3.55. The molecule has 6 aromatic carbocycles. The molecule has 5 aliphatic rings. The summed E-state index contributed by atoms with van der Waals surface area (Å²) >= 11 is 0. The highest BCUT2D eigenvalue weighted by molar-refractivity contribution is 6.18. The van der Waals surface area contributed by atoms with Gasteiger partial charge < -0.3 is 69.2 Å². The topological polar surface area (TPSA) is 371 Å². The number of nitrogens with one attached hydrogen (secondary N) is 4. The largest absolute Gasteiger partial charge is 0.480 e. The van der Waals surface area contributed by atoms with Crippen LogP contribution >= 0.6 is 0 Å². The number of hydrogen-bond donors (Lipinski definition) is 5. The summed E-state index contributed by atoms with van der Waals surface area (Å²) in [7, 11) is 0. The first-order valence-corrected chi connectivity index (χ1v) is 40.8. The first-order valence-electron chi connectivity index (χ1n) is 40.8. The van der Waals surface area contributed by atoms with Gasteiger partial charge in [0.1, 0.15) is 28.4 Å². The number of Topliss-reactive ketones (excluding diaryl/α,β-unsaturated/α-hetero) is 1. The van der Waals surface area contributed by atoms with Crippen LogP contribution in [0.5, 0.6) is 0 Å². The molecule has 6 aromatic rings. The summed E-state index contributed by atoms with van der Waals surface area (Å²) in [6, 6.07) is 55.8. The molecule has 28 nitrogen and oxygen atoms in total. The highest BCUT2D eigenvalue weighted by Crippen LogP contribution is 2.30.